The Kier molecular flexibility index (Phi) is 4.92. The van der Waals surface area contributed by atoms with Crippen molar-refractivity contribution in [2.45, 2.75) is 36.0 Å². The summed E-state index contributed by atoms with van der Waals surface area (Å²) in [5, 5.41) is 4.26. The molecule has 1 heterocycles. The van der Waals surface area contributed by atoms with E-state index in [2.05, 4.69) is 12.2 Å². The number of benzene rings is 1. The summed E-state index contributed by atoms with van der Waals surface area (Å²) in [6, 6.07) is 7.43. The molecule has 0 aliphatic carbocycles. The number of hydrogen-bond acceptors (Lipinski definition) is 4. The third-order valence-electron chi connectivity index (χ3n) is 3.48. The van der Waals surface area contributed by atoms with Crippen molar-refractivity contribution in [3.05, 3.63) is 29.8 Å². The van der Waals surface area contributed by atoms with Gasteiger partial charge in [0, 0.05) is 24.1 Å². The van der Waals surface area contributed by atoms with Crippen molar-refractivity contribution >= 4 is 21.6 Å². The molecule has 19 heavy (non-hydrogen) atoms. The summed E-state index contributed by atoms with van der Waals surface area (Å²) in [6.45, 7) is 3.15. The first kappa shape index (κ1) is 14.9. The Labute approximate surface area is 120 Å². The third kappa shape index (κ3) is 4.23. The molecule has 1 fully saturated rings. The van der Waals surface area contributed by atoms with Crippen molar-refractivity contribution in [1.29, 1.82) is 0 Å². The maximum absolute atomic E-state index is 11.4. The fourth-order valence-corrected chi connectivity index (χ4v) is 4.08. The molecule has 5 heteroatoms. The Hall–Kier alpha value is -0.520. The maximum Gasteiger partial charge on any atom is 0.175 e. The van der Waals surface area contributed by atoms with Crippen molar-refractivity contribution < 1.29 is 8.42 Å². The van der Waals surface area contributed by atoms with Crippen LogP contribution in [0.15, 0.2) is 29.2 Å². The number of hydrogen-bond donors (Lipinski definition) is 1. The Morgan fingerprint density at radius 3 is 2.58 bits per heavy atom. The molecule has 1 aromatic rings. The van der Waals surface area contributed by atoms with Gasteiger partial charge in [0.2, 0.25) is 0 Å². The van der Waals surface area contributed by atoms with Gasteiger partial charge < -0.3 is 5.32 Å². The molecule has 106 valence electrons. The largest absolute Gasteiger partial charge is 0.309 e. The highest BCUT2D eigenvalue weighted by Crippen LogP contribution is 2.26. The molecule has 1 aromatic carbocycles. The minimum Gasteiger partial charge on any atom is -0.309 e. The normalized spacial score (nSPS) is 21.5. The predicted octanol–water partition coefficient (Wildman–Crippen LogP) is 2.64. The van der Waals surface area contributed by atoms with E-state index in [4.69, 9.17) is 0 Å². The Balaban J connectivity index is 1.93. The molecule has 1 aliphatic heterocycles. The lowest BCUT2D eigenvalue weighted by molar-refractivity contribution is 0.559. The maximum atomic E-state index is 11.4. The van der Waals surface area contributed by atoms with E-state index in [0.29, 0.717) is 4.90 Å². The molecule has 0 saturated carbocycles. The van der Waals surface area contributed by atoms with Crippen molar-refractivity contribution in [3.8, 4) is 0 Å². The molecule has 0 amide bonds. The van der Waals surface area contributed by atoms with Crippen molar-refractivity contribution in [1.82, 2.24) is 5.32 Å². The summed E-state index contributed by atoms with van der Waals surface area (Å²) in [5.74, 6) is 1.28. The molecule has 2 rings (SSSR count). The van der Waals surface area contributed by atoms with Crippen LogP contribution in [0.2, 0.25) is 0 Å². The molecule has 0 radical (unpaired) electrons. The van der Waals surface area contributed by atoms with E-state index in [1.807, 2.05) is 23.9 Å². The zero-order valence-electron chi connectivity index (χ0n) is 11.4. The first-order chi connectivity index (χ1) is 8.97. The summed E-state index contributed by atoms with van der Waals surface area (Å²) in [4.78, 5) is 0.384. The van der Waals surface area contributed by atoms with Crippen molar-refractivity contribution in [2.24, 2.45) is 0 Å². The summed E-state index contributed by atoms with van der Waals surface area (Å²) in [5.41, 5.74) is 1.13. The number of nitrogens with one attached hydrogen (secondary N) is 1. The molecule has 0 spiro atoms. The van der Waals surface area contributed by atoms with Crippen LogP contribution in [0.25, 0.3) is 0 Å². The first-order valence-electron chi connectivity index (χ1n) is 6.62. The molecule has 1 N–H and O–H groups in total. The van der Waals surface area contributed by atoms with Gasteiger partial charge in [0.25, 0.3) is 0 Å². The van der Waals surface area contributed by atoms with E-state index in [1.54, 1.807) is 12.1 Å². The SMILES string of the molecule is CC(NCC1CCCS1)c1ccc(S(C)(=O)=O)cc1. The molecule has 0 bridgehead atoms. The minimum atomic E-state index is -3.09. The average molecular weight is 299 g/mol. The highest BCUT2D eigenvalue weighted by molar-refractivity contribution is 8.00. The van der Waals surface area contributed by atoms with Gasteiger partial charge in [-0.2, -0.15) is 11.8 Å². The third-order valence-corrected chi connectivity index (χ3v) is 6.01. The van der Waals surface area contributed by atoms with Gasteiger partial charge in [-0.15, -0.1) is 0 Å². The second-order valence-electron chi connectivity index (χ2n) is 5.11. The molecule has 1 saturated heterocycles. The second-order valence-corrected chi connectivity index (χ2v) is 8.53. The molecule has 2 unspecified atom stereocenters. The average Bonchev–Trinajstić information content (AvgIpc) is 2.88. The molecular formula is C14H21NO2S2. The van der Waals surface area contributed by atoms with E-state index < -0.39 is 9.84 Å². The topological polar surface area (TPSA) is 46.2 Å². The first-order valence-corrected chi connectivity index (χ1v) is 9.56. The van der Waals surface area contributed by atoms with Crippen LogP contribution in [-0.4, -0.2) is 32.2 Å². The van der Waals surface area contributed by atoms with Crippen LogP contribution >= 0.6 is 11.8 Å². The standard InChI is InChI=1S/C14H21NO2S2/c1-11(15-10-13-4-3-9-18-13)12-5-7-14(8-6-12)19(2,16)17/h5-8,11,13,15H,3-4,9-10H2,1-2H3. The van der Waals surface area contributed by atoms with Gasteiger partial charge in [0.1, 0.15) is 0 Å². The fraction of sp³-hybridized carbons (Fsp3) is 0.571. The van der Waals surface area contributed by atoms with Crippen LogP contribution in [0, 0.1) is 0 Å². The zero-order chi connectivity index (χ0) is 13.9. The Morgan fingerprint density at radius 2 is 2.05 bits per heavy atom. The highest BCUT2D eigenvalue weighted by Gasteiger charge is 2.16. The van der Waals surface area contributed by atoms with Gasteiger partial charge >= 0.3 is 0 Å². The lowest BCUT2D eigenvalue weighted by Crippen LogP contribution is -2.26. The van der Waals surface area contributed by atoms with Crippen LogP contribution in [0.3, 0.4) is 0 Å². The quantitative estimate of drug-likeness (QED) is 0.908. The summed E-state index contributed by atoms with van der Waals surface area (Å²) < 4.78 is 22.8. The summed E-state index contributed by atoms with van der Waals surface area (Å²) in [6.07, 6.45) is 3.87. The molecular weight excluding hydrogens is 278 g/mol. The monoisotopic (exact) mass is 299 g/mol. The Bertz CT molecular complexity index is 505. The van der Waals surface area contributed by atoms with Gasteiger partial charge in [-0.3, -0.25) is 0 Å². The van der Waals surface area contributed by atoms with E-state index in [9.17, 15) is 8.42 Å². The van der Waals surface area contributed by atoms with Crippen LogP contribution in [-0.2, 0) is 9.84 Å². The smallest absolute Gasteiger partial charge is 0.175 e. The van der Waals surface area contributed by atoms with E-state index >= 15 is 0 Å². The summed E-state index contributed by atoms with van der Waals surface area (Å²) >= 11 is 2.04. The van der Waals surface area contributed by atoms with Crippen molar-refractivity contribution in [3.63, 3.8) is 0 Å². The van der Waals surface area contributed by atoms with Crippen LogP contribution < -0.4 is 5.32 Å². The van der Waals surface area contributed by atoms with Gasteiger partial charge in [-0.05, 0) is 43.2 Å². The van der Waals surface area contributed by atoms with Crippen LogP contribution in [0.1, 0.15) is 31.4 Å². The predicted molar refractivity (Wildman–Crippen MR) is 81.4 cm³/mol. The number of thioether (sulfide) groups is 1. The lowest BCUT2D eigenvalue weighted by atomic mass is 10.1. The zero-order valence-corrected chi connectivity index (χ0v) is 13.1. The number of rotatable bonds is 5. The van der Waals surface area contributed by atoms with E-state index in [0.717, 1.165) is 17.4 Å². The van der Waals surface area contributed by atoms with Gasteiger partial charge in [0.15, 0.2) is 9.84 Å². The van der Waals surface area contributed by atoms with Crippen LogP contribution in [0.5, 0.6) is 0 Å². The second kappa shape index (κ2) is 6.29. The molecule has 3 nitrogen and oxygen atoms in total. The van der Waals surface area contributed by atoms with Gasteiger partial charge in [0.05, 0.1) is 4.90 Å². The lowest BCUT2D eigenvalue weighted by Gasteiger charge is -2.17. The molecule has 1 aliphatic rings. The molecule has 2 atom stereocenters. The van der Waals surface area contributed by atoms with E-state index in [1.165, 1.54) is 24.9 Å². The number of sulfone groups is 1. The van der Waals surface area contributed by atoms with E-state index in [-0.39, 0.29) is 6.04 Å². The Morgan fingerprint density at radius 1 is 1.37 bits per heavy atom. The highest BCUT2D eigenvalue weighted by atomic mass is 32.2. The van der Waals surface area contributed by atoms with Crippen LogP contribution in [0.4, 0.5) is 0 Å². The molecule has 0 aromatic heterocycles. The van der Waals surface area contributed by atoms with Gasteiger partial charge in [-0.1, -0.05) is 12.1 Å². The fourth-order valence-electron chi connectivity index (χ4n) is 2.24. The van der Waals surface area contributed by atoms with Crippen molar-refractivity contribution in [2.75, 3.05) is 18.6 Å². The van der Waals surface area contributed by atoms with Gasteiger partial charge in [-0.25, -0.2) is 8.42 Å². The minimum absolute atomic E-state index is 0.259. The summed E-state index contributed by atoms with van der Waals surface area (Å²) in [7, 11) is -3.09.